The van der Waals surface area contributed by atoms with E-state index in [9.17, 15) is 9.18 Å². The fourth-order valence-corrected chi connectivity index (χ4v) is 3.68. The van der Waals surface area contributed by atoms with Gasteiger partial charge in [-0.15, -0.1) is 5.10 Å². The molecule has 0 aliphatic carbocycles. The number of pyridine rings is 2. The molecule has 1 aromatic carbocycles. The summed E-state index contributed by atoms with van der Waals surface area (Å²) in [5.74, 6) is -0.611. The Bertz CT molecular complexity index is 1300. The average Bonchev–Trinajstić information content (AvgIpc) is 2.78. The molecule has 4 aromatic rings. The standard InChI is InChI=1S/C22H17BrClFN6O/c1-12(20-17(25)3-2-8-27-20)31(11-15-5-7-19(23)30-29-15)22(32)13-4-6-18-14(9-13)10-16(24)21(26)28-18/h2-10,12H,11H2,1H3,(H2,26,28)/t12-/m1/s1. The van der Waals surface area contributed by atoms with Gasteiger partial charge in [-0.1, -0.05) is 11.6 Å². The van der Waals surface area contributed by atoms with Crippen LogP contribution in [0.15, 0.2) is 59.3 Å². The predicted octanol–water partition coefficient (Wildman–Crippen LogP) is 4.96. The monoisotopic (exact) mass is 514 g/mol. The van der Waals surface area contributed by atoms with Crippen molar-refractivity contribution in [3.8, 4) is 0 Å². The van der Waals surface area contributed by atoms with Gasteiger partial charge in [0.05, 0.1) is 34.5 Å². The van der Waals surface area contributed by atoms with E-state index in [-0.39, 0.29) is 24.0 Å². The molecule has 0 unspecified atom stereocenters. The lowest BCUT2D eigenvalue weighted by Gasteiger charge is -2.29. The average molecular weight is 516 g/mol. The minimum absolute atomic E-state index is 0.106. The van der Waals surface area contributed by atoms with Crippen LogP contribution in [0.5, 0.6) is 0 Å². The molecule has 0 saturated carbocycles. The maximum absolute atomic E-state index is 14.5. The van der Waals surface area contributed by atoms with Gasteiger partial charge in [0.2, 0.25) is 0 Å². The van der Waals surface area contributed by atoms with Crippen molar-refractivity contribution in [2.45, 2.75) is 19.5 Å². The summed E-state index contributed by atoms with van der Waals surface area (Å²) in [6, 6.07) is 12.3. The number of aromatic nitrogens is 4. The predicted molar refractivity (Wildman–Crippen MR) is 123 cm³/mol. The topological polar surface area (TPSA) is 97.9 Å². The number of anilines is 1. The maximum atomic E-state index is 14.5. The summed E-state index contributed by atoms with van der Waals surface area (Å²) in [6.07, 6.45) is 1.49. The van der Waals surface area contributed by atoms with E-state index >= 15 is 0 Å². The smallest absolute Gasteiger partial charge is 0.254 e. The number of nitrogens with zero attached hydrogens (tertiary/aromatic N) is 5. The van der Waals surface area contributed by atoms with Gasteiger partial charge in [0, 0.05) is 17.1 Å². The molecule has 0 bridgehead atoms. The van der Waals surface area contributed by atoms with Crippen molar-refractivity contribution in [1.82, 2.24) is 25.1 Å². The van der Waals surface area contributed by atoms with E-state index in [0.29, 0.717) is 31.8 Å². The van der Waals surface area contributed by atoms with Gasteiger partial charge in [-0.05, 0) is 71.4 Å². The molecule has 0 aliphatic heterocycles. The molecule has 4 rings (SSSR count). The Kier molecular flexibility index (Phi) is 6.29. The van der Waals surface area contributed by atoms with Crippen LogP contribution < -0.4 is 5.73 Å². The molecule has 32 heavy (non-hydrogen) atoms. The highest BCUT2D eigenvalue weighted by atomic mass is 79.9. The summed E-state index contributed by atoms with van der Waals surface area (Å²) in [5, 5.41) is 9.06. The zero-order chi connectivity index (χ0) is 22.8. The highest BCUT2D eigenvalue weighted by Gasteiger charge is 2.27. The second-order valence-corrected chi connectivity index (χ2v) is 8.31. The van der Waals surface area contributed by atoms with Crippen LogP contribution in [0.1, 0.15) is 34.7 Å². The molecule has 3 heterocycles. The SMILES string of the molecule is C[C@H](c1ncccc1F)N(Cc1ccc(Br)nn1)C(=O)c1ccc2nc(N)c(Cl)cc2c1. The van der Waals surface area contributed by atoms with Gasteiger partial charge in [-0.3, -0.25) is 9.78 Å². The highest BCUT2D eigenvalue weighted by Crippen LogP contribution is 2.27. The van der Waals surface area contributed by atoms with Gasteiger partial charge in [0.15, 0.2) is 0 Å². The third-order valence-electron chi connectivity index (χ3n) is 4.97. The molecule has 7 nitrogen and oxygen atoms in total. The molecule has 0 radical (unpaired) electrons. The molecular formula is C22H17BrClFN6O. The zero-order valence-corrected chi connectivity index (χ0v) is 19.2. The Morgan fingerprint density at radius 2 is 2.03 bits per heavy atom. The Labute approximate surface area is 196 Å². The summed E-state index contributed by atoms with van der Waals surface area (Å²) in [7, 11) is 0. The number of nitrogen functional groups attached to an aromatic ring is 1. The number of hydrogen-bond donors (Lipinski definition) is 1. The van der Waals surface area contributed by atoms with Crippen LogP contribution in [-0.2, 0) is 6.54 Å². The summed E-state index contributed by atoms with van der Waals surface area (Å²) < 4.78 is 15.0. The zero-order valence-electron chi connectivity index (χ0n) is 16.8. The number of hydrogen-bond acceptors (Lipinski definition) is 6. The van der Waals surface area contributed by atoms with E-state index in [2.05, 4.69) is 36.1 Å². The summed E-state index contributed by atoms with van der Waals surface area (Å²) >= 11 is 9.35. The lowest BCUT2D eigenvalue weighted by atomic mass is 10.1. The van der Waals surface area contributed by atoms with Crippen LogP contribution >= 0.6 is 27.5 Å². The lowest BCUT2D eigenvalue weighted by Crippen LogP contribution is -2.34. The Morgan fingerprint density at radius 3 is 2.75 bits per heavy atom. The number of halogens is 3. The van der Waals surface area contributed by atoms with Crippen molar-refractivity contribution in [1.29, 1.82) is 0 Å². The first-order chi connectivity index (χ1) is 15.3. The van der Waals surface area contributed by atoms with Gasteiger partial charge in [0.1, 0.15) is 16.2 Å². The van der Waals surface area contributed by atoms with Gasteiger partial charge in [-0.2, -0.15) is 5.10 Å². The first kappa shape index (κ1) is 22.0. The molecule has 3 aromatic heterocycles. The third kappa shape index (κ3) is 4.53. The molecule has 0 spiro atoms. The fourth-order valence-electron chi connectivity index (χ4n) is 3.30. The van der Waals surface area contributed by atoms with Crippen LogP contribution in [0.2, 0.25) is 5.02 Å². The molecule has 0 aliphatic rings. The highest BCUT2D eigenvalue weighted by molar-refractivity contribution is 9.10. The summed E-state index contributed by atoms with van der Waals surface area (Å²) in [6.45, 7) is 1.82. The van der Waals surface area contributed by atoms with Crippen molar-refractivity contribution in [2.75, 3.05) is 5.73 Å². The fraction of sp³-hybridized carbons (Fsp3) is 0.136. The van der Waals surface area contributed by atoms with Crippen LogP contribution in [-0.4, -0.2) is 31.0 Å². The molecule has 162 valence electrons. The van der Waals surface area contributed by atoms with E-state index < -0.39 is 11.9 Å². The van der Waals surface area contributed by atoms with E-state index in [1.54, 1.807) is 43.3 Å². The van der Waals surface area contributed by atoms with E-state index in [4.69, 9.17) is 17.3 Å². The Morgan fingerprint density at radius 1 is 1.22 bits per heavy atom. The number of benzene rings is 1. The second kappa shape index (κ2) is 9.13. The first-order valence-corrected chi connectivity index (χ1v) is 10.8. The van der Waals surface area contributed by atoms with Gasteiger partial charge >= 0.3 is 0 Å². The van der Waals surface area contributed by atoms with Gasteiger partial charge in [-0.25, -0.2) is 9.37 Å². The van der Waals surface area contributed by atoms with Crippen molar-refractivity contribution in [3.63, 3.8) is 0 Å². The first-order valence-electron chi connectivity index (χ1n) is 9.59. The van der Waals surface area contributed by atoms with Gasteiger partial charge in [0.25, 0.3) is 5.91 Å². The second-order valence-electron chi connectivity index (χ2n) is 7.09. The minimum atomic E-state index is -0.669. The Hall–Kier alpha value is -3.17. The van der Waals surface area contributed by atoms with Crippen molar-refractivity contribution in [3.05, 3.63) is 87.1 Å². The minimum Gasteiger partial charge on any atom is -0.382 e. The molecular weight excluding hydrogens is 499 g/mol. The van der Waals surface area contributed by atoms with E-state index in [1.165, 1.54) is 23.2 Å². The van der Waals surface area contributed by atoms with Gasteiger partial charge < -0.3 is 10.6 Å². The molecule has 0 saturated heterocycles. The molecule has 1 amide bonds. The molecule has 10 heteroatoms. The number of carbonyl (C=O) groups excluding carboxylic acids is 1. The number of rotatable bonds is 5. The third-order valence-corrected chi connectivity index (χ3v) is 5.70. The lowest BCUT2D eigenvalue weighted by molar-refractivity contribution is 0.0664. The maximum Gasteiger partial charge on any atom is 0.254 e. The summed E-state index contributed by atoms with van der Waals surface area (Å²) in [4.78, 5) is 23.5. The van der Waals surface area contributed by atoms with Crippen LogP contribution in [0.25, 0.3) is 10.9 Å². The quantitative estimate of drug-likeness (QED) is 0.403. The van der Waals surface area contributed by atoms with Crippen molar-refractivity contribution >= 4 is 50.2 Å². The molecule has 2 N–H and O–H groups in total. The molecule has 1 atom stereocenters. The van der Waals surface area contributed by atoms with Crippen LogP contribution in [0.4, 0.5) is 10.2 Å². The summed E-state index contributed by atoms with van der Waals surface area (Å²) in [5.41, 5.74) is 7.46. The largest absolute Gasteiger partial charge is 0.382 e. The number of fused-ring (bicyclic) bond motifs is 1. The van der Waals surface area contributed by atoms with E-state index in [1.807, 2.05) is 0 Å². The van der Waals surface area contributed by atoms with Crippen molar-refractivity contribution < 1.29 is 9.18 Å². The number of nitrogens with two attached hydrogens (primary N) is 1. The van der Waals surface area contributed by atoms with E-state index in [0.717, 1.165) is 0 Å². The van der Waals surface area contributed by atoms with Crippen LogP contribution in [0, 0.1) is 5.82 Å². The van der Waals surface area contributed by atoms with Crippen molar-refractivity contribution in [2.24, 2.45) is 0 Å². The normalized spacial score (nSPS) is 12.0. The molecule has 0 fully saturated rings. The number of carbonyl (C=O) groups is 1. The Balaban J connectivity index is 1.75. The number of amides is 1. The van der Waals surface area contributed by atoms with Crippen LogP contribution in [0.3, 0.4) is 0 Å².